The van der Waals surface area contributed by atoms with Gasteiger partial charge in [0, 0.05) is 5.69 Å². The van der Waals surface area contributed by atoms with Gasteiger partial charge in [-0.1, -0.05) is 25.1 Å². The molecule has 0 unspecified atom stereocenters. The molecule has 1 N–H and O–H groups in total. The molecule has 2 aliphatic rings. The number of anilines is 2. The predicted molar refractivity (Wildman–Crippen MR) is 129 cm³/mol. The number of carbonyl (C=O) groups excluding carboxylic acids is 4. The Morgan fingerprint density at radius 3 is 2.15 bits per heavy atom. The van der Waals surface area contributed by atoms with E-state index in [1.54, 1.807) is 6.07 Å². The molecule has 0 bridgehead atoms. The molecule has 1 heterocycles. The van der Waals surface area contributed by atoms with Gasteiger partial charge in [-0.15, -0.1) is 23.2 Å². The highest BCUT2D eigenvalue weighted by molar-refractivity contribution is 6.31. The van der Waals surface area contributed by atoms with Crippen molar-refractivity contribution in [3.8, 4) is 0 Å². The number of rotatable bonds is 6. The van der Waals surface area contributed by atoms with Crippen LogP contribution in [0.3, 0.4) is 0 Å². The van der Waals surface area contributed by atoms with Crippen molar-refractivity contribution in [3.05, 3.63) is 59.7 Å². The first-order valence-corrected chi connectivity index (χ1v) is 12.0. The zero-order valence-electron chi connectivity index (χ0n) is 18.5. The van der Waals surface area contributed by atoms with E-state index < -0.39 is 30.3 Å². The fourth-order valence-electron chi connectivity index (χ4n) is 4.45. The molecule has 0 aromatic heterocycles. The summed E-state index contributed by atoms with van der Waals surface area (Å²) in [5.74, 6) is -2.70. The van der Waals surface area contributed by atoms with E-state index in [1.807, 2.05) is 25.1 Å². The number of nitrogens with one attached hydrogen (secondary N) is 1. The highest BCUT2D eigenvalue weighted by Crippen LogP contribution is 2.43. The normalized spacial score (nSPS) is 24.0. The van der Waals surface area contributed by atoms with Gasteiger partial charge in [-0.2, -0.15) is 0 Å². The first-order valence-electron chi connectivity index (χ1n) is 11.1. The van der Waals surface area contributed by atoms with E-state index in [2.05, 4.69) is 5.32 Å². The Bertz CT molecular complexity index is 1090. The highest BCUT2D eigenvalue weighted by atomic mass is 35.5. The fraction of sp³-hybridized carbons (Fsp3) is 0.360. The number of imide groups is 1. The van der Waals surface area contributed by atoms with Gasteiger partial charge in [0.05, 0.1) is 33.8 Å². The maximum atomic E-state index is 12.9. The molecular weight excluding hydrogens is 479 g/mol. The molecule has 1 aliphatic carbocycles. The summed E-state index contributed by atoms with van der Waals surface area (Å²) in [5, 5.41) is 2.02. The molecule has 9 heteroatoms. The van der Waals surface area contributed by atoms with Gasteiger partial charge in [-0.05, 0) is 55.2 Å². The smallest absolute Gasteiger partial charge is 0.338 e. The van der Waals surface area contributed by atoms with Crippen molar-refractivity contribution in [2.24, 2.45) is 11.8 Å². The van der Waals surface area contributed by atoms with Crippen molar-refractivity contribution in [2.75, 3.05) is 16.8 Å². The third-order valence-electron chi connectivity index (χ3n) is 6.28. The molecule has 0 radical (unpaired) electrons. The molecule has 0 spiro atoms. The van der Waals surface area contributed by atoms with Gasteiger partial charge < -0.3 is 10.1 Å². The fourth-order valence-corrected chi connectivity index (χ4v) is 5.04. The Kier molecular flexibility index (Phi) is 7.24. The number of hydrogen-bond donors (Lipinski definition) is 1. The van der Waals surface area contributed by atoms with Gasteiger partial charge in [0.1, 0.15) is 0 Å². The number of para-hydroxylation sites is 1. The van der Waals surface area contributed by atoms with Gasteiger partial charge >= 0.3 is 5.97 Å². The Hall–Kier alpha value is -2.90. The summed E-state index contributed by atoms with van der Waals surface area (Å²) in [4.78, 5) is 51.4. The number of alkyl halides is 2. The summed E-state index contributed by atoms with van der Waals surface area (Å²) in [6.07, 6.45) is 1.47. The maximum absolute atomic E-state index is 12.9. The first kappa shape index (κ1) is 24.2. The number of carbonyl (C=O) groups is 4. The number of ether oxygens (including phenoxy) is 1. The number of benzene rings is 2. The largest absolute Gasteiger partial charge is 0.452 e. The second kappa shape index (κ2) is 10.2. The van der Waals surface area contributed by atoms with Crippen LogP contribution in [0, 0.1) is 11.8 Å². The Morgan fingerprint density at radius 2 is 1.56 bits per heavy atom. The number of esters is 1. The molecule has 4 rings (SSSR count). The SMILES string of the molecule is CCc1ccccc1NC(=O)COC(=O)c1ccc(N2C(=O)[C@H]3C[C@H](Cl)[C@@H](Cl)C[C@H]3C2=O)cc1. The average Bonchev–Trinajstić information content (AvgIpc) is 3.07. The molecule has 1 aliphatic heterocycles. The molecule has 3 amide bonds. The zero-order chi connectivity index (χ0) is 24.4. The van der Waals surface area contributed by atoms with E-state index >= 15 is 0 Å². The van der Waals surface area contributed by atoms with Gasteiger partial charge in [0.15, 0.2) is 6.61 Å². The third kappa shape index (κ3) is 4.81. The Balaban J connectivity index is 1.37. The third-order valence-corrected chi connectivity index (χ3v) is 7.37. The van der Waals surface area contributed by atoms with Gasteiger partial charge in [0.2, 0.25) is 11.8 Å². The van der Waals surface area contributed by atoms with Crippen LogP contribution in [-0.4, -0.2) is 41.1 Å². The van der Waals surface area contributed by atoms with Crippen molar-refractivity contribution in [1.82, 2.24) is 0 Å². The van der Waals surface area contributed by atoms with Crippen LogP contribution in [0.4, 0.5) is 11.4 Å². The zero-order valence-corrected chi connectivity index (χ0v) is 20.0. The minimum Gasteiger partial charge on any atom is -0.452 e. The lowest BCUT2D eigenvalue weighted by atomic mass is 9.80. The number of nitrogens with zero attached hydrogens (tertiary/aromatic N) is 1. The van der Waals surface area contributed by atoms with Gasteiger partial charge in [-0.25, -0.2) is 4.79 Å². The topological polar surface area (TPSA) is 92.8 Å². The summed E-state index contributed by atoms with van der Waals surface area (Å²) in [7, 11) is 0. The number of amides is 3. The molecule has 7 nitrogen and oxygen atoms in total. The van der Waals surface area contributed by atoms with Crippen LogP contribution in [0.1, 0.15) is 35.7 Å². The Morgan fingerprint density at radius 1 is 0.971 bits per heavy atom. The van der Waals surface area contributed by atoms with E-state index in [1.165, 1.54) is 24.3 Å². The molecule has 178 valence electrons. The quantitative estimate of drug-likeness (QED) is 0.363. The van der Waals surface area contributed by atoms with Crippen LogP contribution in [0.15, 0.2) is 48.5 Å². The number of fused-ring (bicyclic) bond motifs is 1. The number of hydrogen-bond acceptors (Lipinski definition) is 5. The van der Waals surface area contributed by atoms with Crippen LogP contribution in [0.2, 0.25) is 0 Å². The van der Waals surface area contributed by atoms with E-state index in [0.29, 0.717) is 24.2 Å². The lowest BCUT2D eigenvalue weighted by molar-refractivity contribution is -0.122. The van der Waals surface area contributed by atoms with Crippen molar-refractivity contribution < 1.29 is 23.9 Å². The van der Waals surface area contributed by atoms with Crippen LogP contribution >= 0.6 is 23.2 Å². The van der Waals surface area contributed by atoms with Crippen molar-refractivity contribution in [2.45, 2.75) is 36.9 Å². The second-order valence-corrected chi connectivity index (χ2v) is 9.53. The summed E-state index contributed by atoms with van der Waals surface area (Å²) >= 11 is 12.4. The lowest BCUT2D eigenvalue weighted by Crippen LogP contribution is -2.34. The van der Waals surface area contributed by atoms with Crippen LogP contribution < -0.4 is 10.2 Å². The molecule has 4 atom stereocenters. The molecule has 2 aromatic carbocycles. The standard InChI is InChI=1S/C25H24Cl2N2O5/c1-2-14-5-3-4-6-21(14)28-22(30)13-34-25(33)15-7-9-16(10-8-15)29-23(31)17-11-19(26)20(27)12-18(17)24(29)32/h3-10,17-20H,2,11-13H2,1H3,(H,28,30)/t17-,18+,19-,20-/m0/s1. The molecule has 2 fully saturated rings. The monoisotopic (exact) mass is 502 g/mol. The van der Waals surface area contributed by atoms with E-state index in [-0.39, 0.29) is 28.1 Å². The van der Waals surface area contributed by atoms with E-state index in [4.69, 9.17) is 27.9 Å². The highest BCUT2D eigenvalue weighted by Gasteiger charge is 2.52. The molecule has 34 heavy (non-hydrogen) atoms. The Labute approximate surface area is 207 Å². The van der Waals surface area contributed by atoms with E-state index in [0.717, 1.165) is 16.9 Å². The predicted octanol–water partition coefficient (Wildman–Crippen LogP) is 4.16. The van der Waals surface area contributed by atoms with Gasteiger partial charge in [-0.3, -0.25) is 19.3 Å². The van der Waals surface area contributed by atoms with Crippen LogP contribution in [0.25, 0.3) is 0 Å². The summed E-state index contributed by atoms with van der Waals surface area (Å²) in [5.41, 5.74) is 2.22. The summed E-state index contributed by atoms with van der Waals surface area (Å²) in [6, 6.07) is 13.3. The average molecular weight is 503 g/mol. The van der Waals surface area contributed by atoms with Crippen molar-refractivity contribution >= 4 is 58.3 Å². The van der Waals surface area contributed by atoms with Crippen LogP contribution in [0.5, 0.6) is 0 Å². The van der Waals surface area contributed by atoms with Crippen molar-refractivity contribution in [1.29, 1.82) is 0 Å². The molecule has 1 saturated heterocycles. The second-order valence-electron chi connectivity index (χ2n) is 8.41. The number of halogens is 2. The molecule has 1 saturated carbocycles. The van der Waals surface area contributed by atoms with Crippen molar-refractivity contribution in [3.63, 3.8) is 0 Å². The molecule has 2 aromatic rings. The summed E-state index contributed by atoms with van der Waals surface area (Å²) < 4.78 is 5.12. The van der Waals surface area contributed by atoms with Crippen LogP contribution in [-0.2, 0) is 25.5 Å². The van der Waals surface area contributed by atoms with E-state index in [9.17, 15) is 19.2 Å². The number of aryl methyl sites for hydroxylation is 1. The first-order chi connectivity index (χ1) is 16.3. The maximum Gasteiger partial charge on any atom is 0.338 e. The van der Waals surface area contributed by atoms with Gasteiger partial charge in [0.25, 0.3) is 5.91 Å². The lowest BCUT2D eigenvalue weighted by Gasteiger charge is -2.28. The minimum absolute atomic E-state index is 0.198. The molecular formula is C25H24Cl2N2O5. The minimum atomic E-state index is -0.687. The summed E-state index contributed by atoms with van der Waals surface area (Å²) in [6.45, 7) is 1.54.